The Morgan fingerprint density at radius 1 is 1.33 bits per heavy atom. The number of fused-ring (bicyclic) bond motifs is 1. The molecule has 128 valence electrons. The molecule has 0 radical (unpaired) electrons. The van der Waals surface area contributed by atoms with Gasteiger partial charge in [0.05, 0.1) is 6.04 Å². The molecule has 0 bridgehead atoms. The molecule has 1 atom stereocenters. The largest absolute Gasteiger partial charge is 0.360 e. The second-order valence-electron chi connectivity index (χ2n) is 6.22. The number of nitrogens with zero attached hydrogens (tertiary/aromatic N) is 5. The SMILES string of the molecule is CCn1ncnc1C(C)Nc1nc(C(C)C)nc2c1CCNC2=O. The maximum Gasteiger partial charge on any atom is 0.270 e. The number of anilines is 1. The van der Waals surface area contributed by atoms with Gasteiger partial charge in [0.15, 0.2) is 0 Å². The zero-order valence-corrected chi connectivity index (χ0v) is 14.5. The quantitative estimate of drug-likeness (QED) is 0.866. The average molecular weight is 329 g/mol. The van der Waals surface area contributed by atoms with Crippen LogP contribution in [-0.4, -0.2) is 37.2 Å². The van der Waals surface area contributed by atoms with Gasteiger partial charge < -0.3 is 10.6 Å². The van der Waals surface area contributed by atoms with Gasteiger partial charge >= 0.3 is 0 Å². The lowest BCUT2D eigenvalue weighted by Crippen LogP contribution is -2.34. The third-order valence-electron chi connectivity index (χ3n) is 4.10. The van der Waals surface area contributed by atoms with Crippen LogP contribution < -0.4 is 10.6 Å². The van der Waals surface area contributed by atoms with E-state index in [4.69, 9.17) is 0 Å². The van der Waals surface area contributed by atoms with Gasteiger partial charge in [-0.3, -0.25) is 4.79 Å². The number of aromatic nitrogens is 5. The molecule has 2 aromatic heterocycles. The molecule has 8 nitrogen and oxygen atoms in total. The number of carbonyl (C=O) groups is 1. The van der Waals surface area contributed by atoms with Gasteiger partial charge in [-0.2, -0.15) is 5.10 Å². The van der Waals surface area contributed by atoms with E-state index in [1.165, 1.54) is 0 Å². The van der Waals surface area contributed by atoms with E-state index >= 15 is 0 Å². The molecular weight excluding hydrogens is 306 g/mol. The third kappa shape index (κ3) is 2.95. The summed E-state index contributed by atoms with van der Waals surface area (Å²) in [6.45, 7) is 9.43. The average Bonchev–Trinajstić information content (AvgIpc) is 3.04. The van der Waals surface area contributed by atoms with Crippen LogP contribution in [0, 0.1) is 0 Å². The molecule has 1 unspecified atom stereocenters. The second-order valence-corrected chi connectivity index (χ2v) is 6.22. The zero-order valence-electron chi connectivity index (χ0n) is 14.5. The third-order valence-corrected chi connectivity index (χ3v) is 4.10. The lowest BCUT2D eigenvalue weighted by atomic mass is 10.0. The Balaban J connectivity index is 1.99. The smallest absolute Gasteiger partial charge is 0.270 e. The minimum absolute atomic E-state index is 0.0727. The topological polar surface area (TPSA) is 97.6 Å². The molecule has 0 fully saturated rings. The van der Waals surface area contributed by atoms with E-state index < -0.39 is 0 Å². The van der Waals surface area contributed by atoms with Crippen molar-refractivity contribution in [1.29, 1.82) is 0 Å². The highest BCUT2D eigenvalue weighted by atomic mass is 16.1. The summed E-state index contributed by atoms with van der Waals surface area (Å²) in [5, 5.41) is 10.5. The fraction of sp³-hybridized carbons (Fsp3) is 0.562. The van der Waals surface area contributed by atoms with Crippen LogP contribution in [0.15, 0.2) is 6.33 Å². The molecule has 0 saturated heterocycles. The number of rotatable bonds is 5. The Morgan fingerprint density at radius 2 is 2.12 bits per heavy atom. The van der Waals surface area contributed by atoms with Crippen molar-refractivity contribution in [3.63, 3.8) is 0 Å². The molecule has 1 amide bonds. The van der Waals surface area contributed by atoms with Gasteiger partial charge in [-0.25, -0.2) is 19.6 Å². The highest BCUT2D eigenvalue weighted by Crippen LogP contribution is 2.26. The Hall–Kier alpha value is -2.51. The first-order chi connectivity index (χ1) is 11.5. The summed E-state index contributed by atoms with van der Waals surface area (Å²) >= 11 is 0. The zero-order chi connectivity index (χ0) is 17.3. The Morgan fingerprint density at radius 3 is 2.83 bits per heavy atom. The normalized spacial score (nSPS) is 15.1. The molecule has 0 spiro atoms. The highest BCUT2D eigenvalue weighted by molar-refractivity contribution is 5.96. The molecule has 2 N–H and O–H groups in total. The van der Waals surface area contributed by atoms with Gasteiger partial charge in [-0.1, -0.05) is 13.8 Å². The van der Waals surface area contributed by atoms with Crippen molar-refractivity contribution in [2.45, 2.75) is 52.6 Å². The maximum atomic E-state index is 12.2. The monoisotopic (exact) mass is 329 g/mol. The summed E-state index contributed by atoms with van der Waals surface area (Å²) in [7, 11) is 0. The van der Waals surface area contributed by atoms with Crippen molar-refractivity contribution in [2.24, 2.45) is 0 Å². The van der Waals surface area contributed by atoms with Crippen LogP contribution in [0.3, 0.4) is 0 Å². The van der Waals surface area contributed by atoms with Crippen LogP contribution >= 0.6 is 0 Å². The summed E-state index contributed by atoms with van der Waals surface area (Å²) in [6.07, 6.45) is 2.27. The van der Waals surface area contributed by atoms with Gasteiger partial charge in [-0.15, -0.1) is 0 Å². The summed E-state index contributed by atoms with van der Waals surface area (Å²) in [5.74, 6) is 2.23. The van der Waals surface area contributed by atoms with Gasteiger partial charge in [-0.05, 0) is 20.3 Å². The number of amides is 1. The van der Waals surface area contributed by atoms with E-state index in [1.54, 1.807) is 6.33 Å². The van der Waals surface area contributed by atoms with Crippen LogP contribution in [0.5, 0.6) is 0 Å². The van der Waals surface area contributed by atoms with Crippen molar-refractivity contribution in [1.82, 2.24) is 30.0 Å². The van der Waals surface area contributed by atoms with Crippen molar-refractivity contribution >= 4 is 11.7 Å². The van der Waals surface area contributed by atoms with Crippen LogP contribution in [0.4, 0.5) is 5.82 Å². The Kier molecular flexibility index (Phi) is 4.46. The van der Waals surface area contributed by atoms with Gasteiger partial charge in [0.25, 0.3) is 5.91 Å². The summed E-state index contributed by atoms with van der Waals surface area (Å²) in [5.41, 5.74) is 1.35. The van der Waals surface area contributed by atoms with Gasteiger partial charge in [0.2, 0.25) is 0 Å². The predicted molar refractivity (Wildman–Crippen MR) is 89.9 cm³/mol. The fourth-order valence-corrected chi connectivity index (χ4v) is 2.81. The second kappa shape index (κ2) is 6.54. The van der Waals surface area contributed by atoms with Crippen molar-refractivity contribution in [2.75, 3.05) is 11.9 Å². The number of aryl methyl sites for hydroxylation is 1. The minimum atomic E-state index is -0.132. The van der Waals surface area contributed by atoms with E-state index in [9.17, 15) is 4.79 Å². The summed E-state index contributed by atoms with van der Waals surface area (Å²) < 4.78 is 1.85. The molecular formula is C16H23N7O. The highest BCUT2D eigenvalue weighted by Gasteiger charge is 2.25. The standard InChI is InChI=1S/C16H23N7O/c1-5-23-15(18-8-19-23)10(4)20-14-11-6-7-17-16(24)12(11)21-13(22-14)9(2)3/h8-10H,5-7H2,1-4H3,(H,17,24)(H,20,21,22). The lowest BCUT2D eigenvalue weighted by molar-refractivity contribution is 0.0940. The van der Waals surface area contributed by atoms with Crippen LogP contribution in [0.1, 0.15) is 67.4 Å². The molecule has 2 aromatic rings. The van der Waals surface area contributed by atoms with Gasteiger partial charge in [0.1, 0.15) is 29.5 Å². The Labute approximate surface area is 141 Å². The predicted octanol–water partition coefficient (Wildman–Crippen LogP) is 1.67. The Bertz CT molecular complexity index is 753. The van der Waals surface area contributed by atoms with E-state index in [0.717, 1.165) is 30.2 Å². The fourth-order valence-electron chi connectivity index (χ4n) is 2.81. The van der Waals surface area contributed by atoms with Crippen LogP contribution in [-0.2, 0) is 13.0 Å². The number of nitrogens with one attached hydrogen (secondary N) is 2. The van der Waals surface area contributed by atoms with E-state index in [-0.39, 0.29) is 17.9 Å². The molecule has 1 aliphatic rings. The van der Waals surface area contributed by atoms with E-state index in [0.29, 0.717) is 18.1 Å². The minimum Gasteiger partial charge on any atom is -0.360 e. The number of hydrogen-bond acceptors (Lipinski definition) is 6. The number of hydrogen-bond donors (Lipinski definition) is 2. The van der Waals surface area contributed by atoms with Crippen molar-refractivity contribution in [3.8, 4) is 0 Å². The summed E-state index contributed by atoms with van der Waals surface area (Å²) in [4.78, 5) is 25.6. The number of carbonyl (C=O) groups excluding carboxylic acids is 1. The molecule has 3 rings (SSSR count). The molecule has 8 heteroatoms. The van der Waals surface area contributed by atoms with Gasteiger partial charge in [0, 0.05) is 24.6 Å². The molecule has 0 aliphatic carbocycles. The summed E-state index contributed by atoms with van der Waals surface area (Å²) in [6, 6.07) is -0.0727. The molecule has 3 heterocycles. The molecule has 0 aromatic carbocycles. The maximum absolute atomic E-state index is 12.2. The first kappa shape index (κ1) is 16.4. The first-order valence-electron chi connectivity index (χ1n) is 8.34. The van der Waals surface area contributed by atoms with Crippen molar-refractivity contribution in [3.05, 3.63) is 29.2 Å². The van der Waals surface area contributed by atoms with Crippen LogP contribution in [0.25, 0.3) is 0 Å². The molecule has 0 saturated carbocycles. The lowest BCUT2D eigenvalue weighted by Gasteiger charge is -2.23. The van der Waals surface area contributed by atoms with Crippen molar-refractivity contribution < 1.29 is 4.79 Å². The van der Waals surface area contributed by atoms with Crippen LogP contribution in [0.2, 0.25) is 0 Å². The van der Waals surface area contributed by atoms with E-state index in [2.05, 4.69) is 30.7 Å². The molecule has 24 heavy (non-hydrogen) atoms. The molecule has 1 aliphatic heterocycles. The first-order valence-corrected chi connectivity index (χ1v) is 8.34. The van der Waals surface area contributed by atoms with E-state index in [1.807, 2.05) is 32.4 Å².